The number of methoxy groups -OCH3 is 1. The van der Waals surface area contributed by atoms with Gasteiger partial charge in [-0.15, -0.1) is 0 Å². The van der Waals surface area contributed by atoms with Gasteiger partial charge < -0.3 is 14.7 Å². The Balaban J connectivity index is 2.28. The van der Waals surface area contributed by atoms with E-state index in [-0.39, 0.29) is 12.6 Å². The Kier molecular flexibility index (Phi) is 3.19. The van der Waals surface area contributed by atoms with Crippen LogP contribution in [-0.4, -0.2) is 46.4 Å². The SMILES string of the molecule is COc1nc(C)nc(N2CCCC2CO)n1. The van der Waals surface area contributed by atoms with E-state index in [4.69, 9.17) is 4.74 Å². The lowest BCUT2D eigenvalue weighted by atomic mass is 10.2. The molecule has 1 fully saturated rings. The van der Waals surface area contributed by atoms with Crippen LogP contribution in [0, 0.1) is 6.92 Å². The molecule has 1 aromatic rings. The molecule has 0 spiro atoms. The average molecular weight is 224 g/mol. The van der Waals surface area contributed by atoms with Crippen molar-refractivity contribution in [3.05, 3.63) is 5.82 Å². The molecule has 0 aromatic carbocycles. The molecule has 0 bridgehead atoms. The molecular formula is C10H16N4O2. The fourth-order valence-electron chi connectivity index (χ4n) is 1.95. The zero-order chi connectivity index (χ0) is 11.5. The van der Waals surface area contributed by atoms with E-state index in [1.807, 2.05) is 4.90 Å². The van der Waals surface area contributed by atoms with Crippen LogP contribution < -0.4 is 9.64 Å². The number of aliphatic hydroxyl groups is 1. The molecule has 16 heavy (non-hydrogen) atoms. The smallest absolute Gasteiger partial charge is 0.321 e. The highest BCUT2D eigenvalue weighted by Crippen LogP contribution is 2.22. The molecule has 1 aromatic heterocycles. The predicted molar refractivity (Wildman–Crippen MR) is 58.6 cm³/mol. The topological polar surface area (TPSA) is 71.4 Å². The van der Waals surface area contributed by atoms with Gasteiger partial charge in [0.2, 0.25) is 5.95 Å². The molecule has 0 aliphatic carbocycles. The third-order valence-electron chi connectivity index (χ3n) is 2.74. The maximum Gasteiger partial charge on any atom is 0.321 e. The number of aliphatic hydroxyl groups excluding tert-OH is 1. The number of anilines is 1. The number of ether oxygens (including phenoxy) is 1. The summed E-state index contributed by atoms with van der Waals surface area (Å²) < 4.78 is 5.01. The van der Waals surface area contributed by atoms with Crippen molar-refractivity contribution in [2.24, 2.45) is 0 Å². The van der Waals surface area contributed by atoms with Gasteiger partial charge in [0.1, 0.15) is 5.82 Å². The van der Waals surface area contributed by atoms with Crippen LogP contribution >= 0.6 is 0 Å². The third kappa shape index (κ3) is 2.06. The summed E-state index contributed by atoms with van der Waals surface area (Å²) in [7, 11) is 1.53. The van der Waals surface area contributed by atoms with Crippen molar-refractivity contribution in [2.75, 3.05) is 25.2 Å². The summed E-state index contributed by atoms with van der Waals surface area (Å²) in [6.07, 6.45) is 2.03. The van der Waals surface area contributed by atoms with Gasteiger partial charge in [0.25, 0.3) is 0 Å². The van der Waals surface area contributed by atoms with Crippen LogP contribution in [0.3, 0.4) is 0 Å². The maximum atomic E-state index is 9.25. The predicted octanol–water partition coefficient (Wildman–Crippen LogP) is 0.150. The van der Waals surface area contributed by atoms with Gasteiger partial charge in [-0.1, -0.05) is 0 Å². The Bertz CT molecular complexity index is 372. The lowest BCUT2D eigenvalue weighted by molar-refractivity contribution is 0.265. The van der Waals surface area contributed by atoms with Crippen molar-refractivity contribution in [3.63, 3.8) is 0 Å². The summed E-state index contributed by atoms with van der Waals surface area (Å²) in [4.78, 5) is 14.5. The first-order valence-electron chi connectivity index (χ1n) is 5.38. The molecule has 2 heterocycles. The molecule has 6 nitrogen and oxygen atoms in total. The van der Waals surface area contributed by atoms with E-state index in [2.05, 4.69) is 15.0 Å². The van der Waals surface area contributed by atoms with Crippen LogP contribution in [-0.2, 0) is 0 Å². The van der Waals surface area contributed by atoms with Crippen LogP contribution in [0.2, 0.25) is 0 Å². The fraction of sp³-hybridized carbons (Fsp3) is 0.700. The Morgan fingerprint density at radius 2 is 2.25 bits per heavy atom. The molecular weight excluding hydrogens is 208 g/mol. The van der Waals surface area contributed by atoms with Gasteiger partial charge in [-0.25, -0.2) is 0 Å². The third-order valence-corrected chi connectivity index (χ3v) is 2.74. The standard InChI is InChI=1S/C10H16N4O2/c1-7-11-9(13-10(12-7)16-2)14-5-3-4-8(14)6-15/h8,15H,3-6H2,1-2H3. The van der Waals surface area contributed by atoms with Gasteiger partial charge in [0.05, 0.1) is 19.8 Å². The molecule has 0 radical (unpaired) electrons. The van der Waals surface area contributed by atoms with Crippen molar-refractivity contribution >= 4 is 5.95 Å². The number of hydrogen-bond donors (Lipinski definition) is 1. The summed E-state index contributed by atoms with van der Waals surface area (Å²) in [5, 5.41) is 9.25. The summed E-state index contributed by atoms with van der Waals surface area (Å²) in [5.74, 6) is 1.23. The van der Waals surface area contributed by atoms with Gasteiger partial charge in [0.15, 0.2) is 0 Å². The normalized spacial score (nSPS) is 20.2. The van der Waals surface area contributed by atoms with E-state index < -0.39 is 0 Å². The second-order valence-corrected chi connectivity index (χ2v) is 3.84. The van der Waals surface area contributed by atoms with Gasteiger partial charge in [-0.2, -0.15) is 15.0 Å². The largest absolute Gasteiger partial charge is 0.467 e. The van der Waals surface area contributed by atoms with E-state index in [9.17, 15) is 5.11 Å². The molecule has 1 saturated heterocycles. The maximum absolute atomic E-state index is 9.25. The Labute approximate surface area is 94.3 Å². The molecule has 1 atom stereocenters. The quantitative estimate of drug-likeness (QED) is 0.788. The minimum Gasteiger partial charge on any atom is -0.467 e. The van der Waals surface area contributed by atoms with Gasteiger partial charge in [-0.3, -0.25) is 0 Å². The molecule has 1 aliphatic rings. The van der Waals surface area contributed by atoms with Crippen LogP contribution in [0.15, 0.2) is 0 Å². The summed E-state index contributed by atoms with van der Waals surface area (Å²) in [5.41, 5.74) is 0. The highest BCUT2D eigenvalue weighted by Gasteiger charge is 2.26. The second-order valence-electron chi connectivity index (χ2n) is 3.84. The molecule has 0 saturated carbocycles. The van der Waals surface area contributed by atoms with E-state index in [0.717, 1.165) is 19.4 Å². The number of rotatable bonds is 3. The number of hydrogen-bond acceptors (Lipinski definition) is 6. The average Bonchev–Trinajstić information content (AvgIpc) is 2.76. The molecule has 1 aliphatic heterocycles. The van der Waals surface area contributed by atoms with Crippen LogP contribution in [0.5, 0.6) is 6.01 Å². The highest BCUT2D eigenvalue weighted by molar-refractivity contribution is 5.34. The van der Waals surface area contributed by atoms with Gasteiger partial charge in [0, 0.05) is 6.54 Å². The van der Waals surface area contributed by atoms with Crippen molar-refractivity contribution in [1.82, 2.24) is 15.0 Å². The number of nitrogens with zero attached hydrogens (tertiary/aromatic N) is 4. The minimum absolute atomic E-state index is 0.117. The number of aromatic nitrogens is 3. The minimum atomic E-state index is 0.117. The van der Waals surface area contributed by atoms with Crippen molar-refractivity contribution in [2.45, 2.75) is 25.8 Å². The van der Waals surface area contributed by atoms with Crippen molar-refractivity contribution < 1.29 is 9.84 Å². The zero-order valence-electron chi connectivity index (χ0n) is 9.55. The molecule has 1 N–H and O–H groups in total. The van der Waals surface area contributed by atoms with E-state index in [1.165, 1.54) is 7.11 Å². The van der Waals surface area contributed by atoms with Crippen molar-refractivity contribution in [1.29, 1.82) is 0 Å². The first kappa shape index (κ1) is 11.1. The lowest BCUT2D eigenvalue weighted by Crippen LogP contribution is -2.33. The molecule has 1 unspecified atom stereocenters. The van der Waals surface area contributed by atoms with Crippen LogP contribution in [0.1, 0.15) is 18.7 Å². The second kappa shape index (κ2) is 4.61. The highest BCUT2D eigenvalue weighted by atomic mass is 16.5. The first-order valence-corrected chi connectivity index (χ1v) is 5.38. The molecule has 2 rings (SSSR count). The van der Waals surface area contributed by atoms with Crippen LogP contribution in [0.4, 0.5) is 5.95 Å². The van der Waals surface area contributed by atoms with Gasteiger partial charge in [-0.05, 0) is 19.8 Å². The van der Waals surface area contributed by atoms with E-state index >= 15 is 0 Å². The first-order chi connectivity index (χ1) is 7.74. The summed E-state index contributed by atoms with van der Waals surface area (Å²) in [6, 6.07) is 0.442. The Morgan fingerprint density at radius 3 is 2.94 bits per heavy atom. The number of aryl methyl sites for hydroxylation is 1. The zero-order valence-corrected chi connectivity index (χ0v) is 9.55. The van der Waals surface area contributed by atoms with Gasteiger partial charge >= 0.3 is 6.01 Å². The Hall–Kier alpha value is -1.43. The summed E-state index contributed by atoms with van der Waals surface area (Å²) >= 11 is 0. The monoisotopic (exact) mass is 224 g/mol. The fourth-order valence-corrected chi connectivity index (χ4v) is 1.95. The lowest BCUT2D eigenvalue weighted by Gasteiger charge is -2.22. The van der Waals surface area contributed by atoms with E-state index in [0.29, 0.717) is 17.8 Å². The summed E-state index contributed by atoms with van der Waals surface area (Å²) in [6.45, 7) is 2.81. The molecule has 0 amide bonds. The molecule has 88 valence electrons. The molecule has 6 heteroatoms. The van der Waals surface area contributed by atoms with Crippen LogP contribution in [0.25, 0.3) is 0 Å². The Morgan fingerprint density at radius 1 is 1.44 bits per heavy atom. The van der Waals surface area contributed by atoms with E-state index in [1.54, 1.807) is 6.92 Å². The van der Waals surface area contributed by atoms with Crippen molar-refractivity contribution in [3.8, 4) is 6.01 Å².